The van der Waals surface area contributed by atoms with Crippen molar-refractivity contribution < 1.29 is 55.7 Å². The number of carbonyl (C=O) groups excluding carboxylic acids is 4. The lowest BCUT2D eigenvalue weighted by Gasteiger charge is -2.35. The van der Waals surface area contributed by atoms with Gasteiger partial charge >= 0.3 is 6.18 Å². The number of benzene rings is 4. The van der Waals surface area contributed by atoms with Crippen molar-refractivity contribution in [1.82, 2.24) is 20.5 Å². The van der Waals surface area contributed by atoms with Crippen molar-refractivity contribution in [2.45, 2.75) is 97.3 Å². The smallest absolute Gasteiger partial charge is 0.417 e. The van der Waals surface area contributed by atoms with Gasteiger partial charge in [0.25, 0.3) is 5.91 Å². The summed E-state index contributed by atoms with van der Waals surface area (Å²) in [6.45, 7) is 10.6. The highest BCUT2D eigenvalue weighted by molar-refractivity contribution is 7.81. The van der Waals surface area contributed by atoms with Gasteiger partial charge in [0.2, 0.25) is 17.7 Å². The molecule has 73 heavy (non-hydrogen) atoms. The lowest BCUT2D eigenvalue weighted by molar-refractivity contribution is -0.144. The fraction of sp³-hybridized carbons (Fsp3) is 0.377. The Morgan fingerprint density at radius 2 is 1.64 bits per heavy atom. The van der Waals surface area contributed by atoms with Gasteiger partial charge in [-0.1, -0.05) is 63.2 Å². The van der Waals surface area contributed by atoms with Gasteiger partial charge in [-0.05, 0) is 110 Å². The Morgan fingerprint density at radius 1 is 0.973 bits per heavy atom. The van der Waals surface area contributed by atoms with Crippen LogP contribution in [0, 0.1) is 29.5 Å². The minimum atomic E-state index is -4.87. The molecule has 1 aromatic heterocycles. The number of ether oxygens (including phenoxy) is 2. The van der Waals surface area contributed by atoms with E-state index >= 15 is 4.39 Å². The van der Waals surface area contributed by atoms with Gasteiger partial charge < -0.3 is 39.4 Å². The first kappa shape index (κ1) is 53.6. The van der Waals surface area contributed by atoms with E-state index in [0.717, 1.165) is 27.8 Å². The molecule has 0 bridgehead atoms. The number of likely N-dealkylation sites (tertiary alicyclic amines) is 1. The topological polar surface area (TPSA) is 191 Å². The van der Waals surface area contributed by atoms with E-state index in [1.807, 2.05) is 31.2 Å². The summed E-state index contributed by atoms with van der Waals surface area (Å²) in [4.78, 5) is 61.7. The number of β-amino-alcohol motifs (C(OH)–C–C–N with tert-alkyl or cyclic N) is 1. The third-order valence-corrected chi connectivity index (χ3v) is 13.0. The van der Waals surface area contributed by atoms with E-state index in [-0.39, 0.29) is 49.2 Å². The highest BCUT2D eigenvalue weighted by Gasteiger charge is 2.51. The second-order valence-corrected chi connectivity index (χ2v) is 19.8. The first-order valence-corrected chi connectivity index (χ1v) is 23.9. The molecule has 2 saturated heterocycles. The first-order chi connectivity index (χ1) is 34.5. The van der Waals surface area contributed by atoms with E-state index in [4.69, 9.17) is 26.1 Å². The number of aliphatic hydroxyl groups excluding tert-OH is 1. The Balaban J connectivity index is 0.853. The predicted octanol–water partition coefficient (Wildman–Crippen LogP) is 8.25. The number of unbranched alkanes of at least 4 members (excludes halogenated alkanes) is 1. The van der Waals surface area contributed by atoms with Crippen molar-refractivity contribution in [1.29, 1.82) is 5.26 Å². The van der Waals surface area contributed by atoms with Crippen LogP contribution in [0.5, 0.6) is 5.75 Å². The molecule has 3 heterocycles. The number of nitrogens with zero attached hydrogens (tertiary/aromatic N) is 5. The zero-order chi connectivity index (χ0) is 53.0. The average Bonchev–Trinajstić information content (AvgIpc) is 4.01. The molecule has 0 unspecified atom stereocenters. The average molecular weight is 1030 g/mol. The number of nitrogens with one attached hydrogen (secondary N) is 2. The Labute approximate surface area is 425 Å². The van der Waals surface area contributed by atoms with Crippen LogP contribution in [0.15, 0.2) is 95.7 Å². The number of oxazole rings is 1. The monoisotopic (exact) mass is 1030 g/mol. The third kappa shape index (κ3) is 12.0. The summed E-state index contributed by atoms with van der Waals surface area (Å²) in [5.41, 5.74) is -0.766. The van der Waals surface area contributed by atoms with Crippen LogP contribution < -0.4 is 25.2 Å². The van der Waals surface area contributed by atoms with E-state index in [0.29, 0.717) is 48.2 Å². The summed E-state index contributed by atoms with van der Waals surface area (Å²) in [6, 6.07) is 21.1. The van der Waals surface area contributed by atoms with Crippen LogP contribution in [-0.4, -0.2) is 93.8 Å². The number of halogens is 4. The summed E-state index contributed by atoms with van der Waals surface area (Å²) in [5.74, 6) is -1.63. The van der Waals surface area contributed by atoms with Gasteiger partial charge in [0.1, 0.15) is 35.8 Å². The number of amides is 4. The van der Waals surface area contributed by atoms with Crippen molar-refractivity contribution in [3.63, 3.8) is 0 Å². The number of aryl methyl sites for hydroxylation is 1. The van der Waals surface area contributed by atoms with E-state index in [2.05, 4.69) is 15.6 Å². The van der Waals surface area contributed by atoms with Crippen LogP contribution >= 0.6 is 12.2 Å². The van der Waals surface area contributed by atoms with E-state index in [1.54, 1.807) is 51.1 Å². The maximum absolute atomic E-state index is 15.9. The maximum atomic E-state index is 15.9. The number of aromatic nitrogens is 1. The second-order valence-electron chi connectivity index (χ2n) is 19.4. The Kier molecular flexibility index (Phi) is 16.1. The lowest BCUT2D eigenvalue weighted by atomic mass is 9.85. The van der Waals surface area contributed by atoms with Gasteiger partial charge in [0.05, 0.1) is 47.0 Å². The highest BCUT2D eigenvalue weighted by atomic mass is 32.1. The molecule has 4 aromatic carbocycles. The van der Waals surface area contributed by atoms with Gasteiger partial charge in [-0.2, -0.15) is 18.4 Å². The summed E-state index contributed by atoms with van der Waals surface area (Å²) >= 11 is 5.56. The molecular formula is C53H55F4N7O8S. The van der Waals surface area contributed by atoms with Crippen molar-refractivity contribution in [3.05, 3.63) is 120 Å². The molecule has 7 rings (SSSR count). The number of hydrogen-bond acceptors (Lipinski definition) is 11. The molecule has 20 heteroatoms. The highest BCUT2D eigenvalue weighted by Crippen LogP contribution is 2.41. The summed E-state index contributed by atoms with van der Waals surface area (Å²) in [6.07, 6.45) is -3.23. The molecule has 5 aromatic rings. The number of nitriles is 1. The number of carbonyl (C=O) groups is 4. The van der Waals surface area contributed by atoms with Crippen LogP contribution in [-0.2, 0) is 36.6 Å². The fourth-order valence-corrected chi connectivity index (χ4v) is 9.20. The molecule has 0 radical (unpaired) electrons. The molecule has 15 nitrogen and oxygen atoms in total. The van der Waals surface area contributed by atoms with Crippen molar-refractivity contribution >= 4 is 52.3 Å². The molecule has 3 N–H and O–H groups in total. The second kappa shape index (κ2) is 21.9. The van der Waals surface area contributed by atoms with Gasteiger partial charge in [-0.25, -0.2) is 9.37 Å². The zero-order valence-electron chi connectivity index (χ0n) is 41.0. The molecule has 0 spiro atoms. The van der Waals surface area contributed by atoms with Gasteiger partial charge in [-0.3, -0.25) is 24.1 Å². The Bertz CT molecular complexity index is 2910. The van der Waals surface area contributed by atoms with Gasteiger partial charge in [0, 0.05) is 31.7 Å². The van der Waals surface area contributed by atoms with E-state index in [9.17, 15) is 42.7 Å². The molecule has 0 aliphatic carbocycles. The molecule has 3 atom stereocenters. The standard InChI is InChI=1S/C53H55F4N7O8S/c1-31-45(72-30-60-31)34-11-9-32(10-12-34)27-59-47(67)43-25-38(65)28-62(43)48(68)46(51(2,3)4)61-44(66)29-70-21-7-8-22-71-39-18-14-33(15-19-39)35-16-20-42(41(54)23-35)64-50(73)63(49(69)52(64,5)6)37-17-13-36(26-58)40(24-37)53(55,56)57/h9-20,23-24,30,38,43,46,65H,7-8,21-22,25,27-29H2,1-6H3,(H,59,67)(H,61,66)/t38-,43+,46-/m1/s1. The number of alkyl halides is 3. The van der Waals surface area contributed by atoms with Gasteiger partial charge in [0.15, 0.2) is 17.3 Å². The summed E-state index contributed by atoms with van der Waals surface area (Å²) in [5, 5.41) is 25.2. The SMILES string of the molecule is Cc1ncoc1-c1ccc(CNC(=O)[C@@H]2C[C@@H](O)CN2C(=O)[C@@H](NC(=O)COCCCCOc2ccc(-c3ccc(N4C(=S)N(c5ccc(C#N)c(C(F)(F)F)c5)C(=O)C4(C)C)c(F)c3)cc2)C(C)(C)C)cc1. The van der Waals surface area contributed by atoms with E-state index in [1.165, 1.54) is 54.3 Å². The lowest BCUT2D eigenvalue weighted by Crippen LogP contribution is -2.58. The predicted molar refractivity (Wildman–Crippen MR) is 266 cm³/mol. The van der Waals surface area contributed by atoms with Crippen molar-refractivity contribution in [3.8, 4) is 34.3 Å². The molecule has 2 aliphatic heterocycles. The number of thiocarbonyl (C=S) groups is 1. The number of rotatable bonds is 17. The minimum absolute atomic E-state index is 0.0522. The Morgan fingerprint density at radius 3 is 2.27 bits per heavy atom. The molecule has 0 saturated carbocycles. The maximum Gasteiger partial charge on any atom is 0.417 e. The van der Waals surface area contributed by atoms with Crippen LogP contribution in [0.3, 0.4) is 0 Å². The molecule has 4 amide bonds. The van der Waals surface area contributed by atoms with Crippen LogP contribution in [0.1, 0.15) is 76.3 Å². The largest absolute Gasteiger partial charge is 0.494 e. The summed E-state index contributed by atoms with van der Waals surface area (Å²) in [7, 11) is 0. The number of anilines is 2. The normalized spacial score (nSPS) is 17.2. The number of hydrogen-bond donors (Lipinski definition) is 3. The molecular weight excluding hydrogens is 971 g/mol. The summed E-state index contributed by atoms with van der Waals surface area (Å²) < 4.78 is 74.2. The van der Waals surface area contributed by atoms with E-state index < -0.39 is 75.9 Å². The number of aliphatic hydroxyl groups is 1. The van der Waals surface area contributed by atoms with Crippen molar-refractivity contribution in [2.75, 3.05) is 36.2 Å². The molecule has 2 aliphatic rings. The zero-order valence-corrected chi connectivity index (χ0v) is 41.8. The fourth-order valence-electron chi connectivity index (χ4n) is 8.69. The van der Waals surface area contributed by atoms with Crippen LogP contribution in [0.2, 0.25) is 0 Å². The Hall–Kier alpha value is -7.21. The van der Waals surface area contributed by atoms with Crippen LogP contribution in [0.25, 0.3) is 22.5 Å². The molecule has 2 fully saturated rings. The van der Waals surface area contributed by atoms with Crippen molar-refractivity contribution in [2.24, 2.45) is 5.41 Å². The minimum Gasteiger partial charge on any atom is -0.494 e. The first-order valence-electron chi connectivity index (χ1n) is 23.4. The van der Waals surface area contributed by atoms with Crippen LogP contribution in [0.4, 0.5) is 28.9 Å². The van der Waals surface area contributed by atoms with Gasteiger partial charge in [-0.15, -0.1) is 0 Å². The molecule has 384 valence electrons. The quantitative estimate of drug-likeness (QED) is 0.0460. The third-order valence-electron chi connectivity index (χ3n) is 12.6.